The van der Waals surface area contributed by atoms with Crippen molar-refractivity contribution in [2.45, 2.75) is 6.92 Å². The van der Waals surface area contributed by atoms with Crippen LogP contribution in [0.5, 0.6) is 0 Å². The van der Waals surface area contributed by atoms with Gasteiger partial charge in [-0.3, -0.25) is 0 Å². The van der Waals surface area contributed by atoms with E-state index in [9.17, 15) is 0 Å². The van der Waals surface area contributed by atoms with Crippen LogP contribution >= 0.6 is 0 Å². The maximum absolute atomic E-state index is 5.49. The molecule has 0 aliphatic carbocycles. The number of nitrogen functional groups attached to an aromatic ring is 1. The van der Waals surface area contributed by atoms with Crippen LogP contribution in [-0.2, 0) is 0 Å². The molecule has 0 aliphatic heterocycles. The highest BCUT2D eigenvalue weighted by atomic mass is 15.4. The summed E-state index contributed by atoms with van der Waals surface area (Å²) in [6.45, 7) is 5.31. The first-order valence-corrected chi connectivity index (χ1v) is 3.22. The van der Waals surface area contributed by atoms with Gasteiger partial charge in [-0.1, -0.05) is 12.7 Å². The minimum absolute atomic E-state index is 0.389. The molecule has 58 valence electrons. The van der Waals surface area contributed by atoms with E-state index in [0.29, 0.717) is 11.8 Å². The zero-order valence-corrected chi connectivity index (χ0v) is 6.36. The van der Waals surface area contributed by atoms with Crippen molar-refractivity contribution in [3.63, 3.8) is 0 Å². The third-order valence-electron chi connectivity index (χ3n) is 1.13. The second-order valence-corrected chi connectivity index (χ2v) is 2.04. The van der Waals surface area contributed by atoms with Gasteiger partial charge in [-0.25, -0.2) is 4.68 Å². The van der Waals surface area contributed by atoms with Crippen LogP contribution in [0.15, 0.2) is 18.7 Å². The van der Waals surface area contributed by atoms with Gasteiger partial charge in [0.15, 0.2) is 0 Å². The number of allylic oxidation sites excluding steroid dienone is 2. The summed E-state index contributed by atoms with van der Waals surface area (Å²) in [6.07, 6.45) is 5.09. The van der Waals surface area contributed by atoms with Gasteiger partial charge < -0.3 is 5.73 Å². The number of hydrogen-bond donors (Lipinski definition) is 1. The van der Waals surface area contributed by atoms with Crippen molar-refractivity contribution in [1.82, 2.24) is 14.8 Å². The first kappa shape index (κ1) is 7.53. The molecule has 0 aliphatic rings. The largest absolute Gasteiger partial charge is 0.368 e. The Morgan fingerprint density at radius 1 is 1.64 bits per heavy atom. The Hall–Kier alpha value is -1.58. The number of aryl methyl sites for hydroxylation is 1. The smallest absolute Gasteiger partial charge is 0.223 e. The van der Waals surface area contributed by atoms with Crippen molar-refractivity contribution in [2.75, 3.05) is 5.73 Å². The summed E-state index contributed by atoms with van der Waals surface area (Å²) in [6, 6.07) is 0. The number of aromatic nitrogens is 3. The monoisotopic (exact) mass is 150 g/mol. The summed E-state index contributed by atoms with van der Waals surface area (Å²) < 4.78 is 1.50. The Kier molecular flexibility index (Phi) is 2.06. The molecule has 4 nitrogen and oxygen atoms in total. The Labute approximate surface area is 65.0 Å². The summed E-state index contributed by atoms with van der Waals surface area (Å²) in [5.74, 6) is 1.05. The Morgan fingerprint density at radius 2 is 2.36 bits per heavy atom. The number of hydrogen-bond acceptors (Lipinski definition) is 3. The molecule has 0 spiro atoms. The lowest BCUT2D eigenvalue weighted by Crippen LogP contribution is -1.96. The topological polar surface area (TPSA) is 56.7 Å². The minimum Gasteiger partial charge on any atom is -0.368 e. The molecule has 0 fully saturated rings. The first-order chi connectivity index (χ1) is 5.24. The predicted molar refractivity (Wildman–Crippen MR) is 44.7 cm³/mol. The van der Waals surface area contributed by atoms with E-state index in [1.807, 2.05) is 0 Å². The van der Waals surface area contributed by atoms with Gasteiger partial charge in [-0.2, -0.15) is 10.1 Å². The quantitative estimate of drug-likeness (QED) is 0.635. The summed E-state index contributed by atoms with van der Waals surface area (Å²) in [5, 5.41) is 3.99. The molecule has 0 saturated heterocycles. The summed E-state index contributed by atoms with van der Waals surface area (Å²) in [7, 11) is 0. The molecule has 0 unspecified atom stereocenters. The molecular weight excluding hydrogens is 140 g/mol. The van der Waals surface area contributed by atoms with Gasteiger partial charge in [0.1, 0.15) is 5.82 Å². The van der Waals surface area contributed by atoms with Crippen molar-refractivity contribution in [2.24, 2.45) is 0 Å². The van der Waals surface area contributed by atoms with Crippen LogP contribution < -0.4 is 5.73 Å². The molecule has 0 aromatic carbocycles. The third-order valence-corrected chi connectivity index (χ3v) is 1.13. The Morgan fingerprint density at radius 3 is 2.82 bits per heavy atom. The highest BCUT2D eigenvalue weighted by Gasteiger charge is 1.97. The maximum Gasteiger partial charge on any atom is 0.223 e. The normalized spacial score (nSPS) is 10.6. The van der Waals surface area contributed by atoms with E-state index < -0.39 is 0 Å². The molecule has 4 heteroatoms. The van der Waals surface area contributed by atoms with Crippen LogP contribution in [0.1, 0.15) is 5.82 Å². The fraction of sp³-hybridized carbons (Fsp3) is 0.143. The molecule has 0 atom stereocenters. The van der Waals surface area contributed by atoms with Crippen LogP contribution in [0.25, 0.3) is 6.20 Å². The maximum atomic E-state index is 5.49. The average molecular weight is 150 g/mol. The van der Waals surface area contributed by atoms with E-state index >= 15 is 0 Å². The molecule has 1 aromatic heterocycles. The number of nitrogens with two attached hydrogens (primary N) is 1. The van der Waals surface area contributed by atoms with Crippen molar-refractivity contribution < 1.29 is 0 Å². The Bertz CT molecular complexity index is 285. The zero-order valence-electron chi connectivity index (χ0n) is 6.36. The molecule has 1 aromatic rings. The minimum atomic E-state index is 0.389. The summed E-state index contributed by atoms with van der Waals surface area (Å²) in [5.41, 5.74) is 5.49. The molecule has 1 heterocycles. The van der Waals surface area contributed by atoms with Crippen LogP contribution in [-0.4, -0.2) is 14.8 Å². The summed E-state index contributed by atoms with van der Waals surface area (Å²) >= 11 is 0. The summed E-state index contributed by atoms with van der Waals surface area (Å²) in [4.78, 5) is 3.91. The van der Waals surface area contributed by atoms with Crippen LogP contribution in [0.4, 0.5) is 5.95 Å². The van der Waals surface area contributed by atoms with E-state index in [1.165, 1.54) is 4.68 Å². The third kappa shape index (κ3) is 1.67. The molecule has 0 saturated carbocycles. The highest BCUT2D eigenvalue weighted by molar-refractivity contribution is 5.34. The number of nitrogens with zero attached hydrogens (tertiary/aromatic N) is 3. The van der Waals surface area contributed by atoms with E-state index in [2.05, 4.69) is 16.7 Å². The lowest BCUT2D eigenvalue weighted by atomic mass is 10.6. The van der Waals surface area contributed by atoms with Gasteiger partial charge >= 0.3 is 0 Å². The lowest BCUT2D eigenvalue weighted by Gasteiger charge is -1.89. The van der Waals surface area contributed by atoms with Gasteiger partial charge in [0.25, 0.3) is 0 Å². The van der Waals surface area contributed by atoms with E-state index in [1.54, 1.807) is 25.3 Å². The first-order valence-electron chi connectivity index (χ1n) is 3.22. The van der Waals surface area contributed by atoms with Crippen LogP contribution in [0.2, 0.25) is 0 Å². The van der Waals surface area contributed by atoms with E-state index in [0.717, 1.165) is 0 Å². The molecular formula is C7H10N4. The lowest BCUT2D eigenvalue weighted by molar-refractivity contribution is 0.920. The van der Waals surface area contributed by atoms with E-state index in [4.69, 9.17) is 5.73 Å². The molecule has 0 radical (unpaired) electrons. The predicted octanol–water partition coefficient (Wildman–Crippen LogP) is 0.825. The SMILES string of the molecule is C=C/C=C\n1nc(C)nc1N. The fourth-order valence-corrected chi connectivity index (χ4v) is 0.699. The van der Waals surface area contributed by atoms with Gasteiger partial charge in [-0.05, 0) is 13.0 Å². The standard InChI is InChI=1S/C7H10N4/c1-3-4-5-11-7(8)9-6(2)10-11/h3-5H,1H2,2H3,(H2,8,9,10)/b5-4-. The highest BCUT2D eigenvalue weighted by Crippen LogP contribution is 1.98. The second kappa shape index (κ2) is 3.01. The molecule has 1 rings (SSSR count). The second-order valence-electron chi connectivity index (χ2n) is 2.04. The van der Waals surface area contributed by atoms with Crippen molar-refractivity contribution in [1.29, 1.82) is 0 Å². The molecule has 2 N–H and O–H groups in total. The van der Waals surface area contributed by atoms with Gasteiger partial charge in [0, 0.05) is 6.20 Å². The van der Waals surface area contributed by atoms with Crippen LogP contribution in [0, 0.1) is 6.92 Å². The Balaban J connectivity index is 2.93. The molecule has 0 bridgehead atoms. The van der Waals surface area contributed by atoms with E-state index in [-0.39, 0.29) is 0 Å². The van der Waals surface area contributed by atoms with Gasteiger partial charge in [0.2, 0.25) is 5.95 Å². The molecule has 11 heavy (non-hydrogen) atoms. The zero-order chi connectivity index (χ0) is 8.27. The molecule has 0 amide bonds. The fourth-order valence-electron chi connectivity index (χ4n) is 0.699. The van der Waals surface area contributed by atoms with Crippen LogP contribution in [0.3, 0.4) is 0 Å². The van der Waals surface area contributed by atoms with Crippen molar-refractivity contribution in [3.8, 4) is 0 Å². The average Bonchev–Trinajstić information content (AvgIpc) is 2.26. The van der Waals surface area contributed by atoms with Gasteiger partial charge in [-0.15, -0.1) is 0 Å². The number of rotatable bonds is 2. The number of anilines is 1. The van der Waals surface area contributed by atoms with Gasteiger partial charge in [0.05, 0.1) is 0 Å². The van der Waals surface area contributed by atoms with Crippen molar-refractivity contribution >= 4 is 12.1 Å². The van der Waals surface area contributed by atoms with Crippen molar-refractivity contribution in [3.05, 3.63) is 24.6 Å².